The number of carbonyl (C=O) groups excluding carboxylic acids is 3. The summed E-state index contributed by atoms with van der Waals surface area (Å²) in [6, 6.07) is 11.3. The highest BCUT2D eigenvalue weighted by Gasteiger charge is 2.39. The highest BCUT2D eigenvalue weighted by atomic mass is 35.5. The van der Waals surface area contributed by atoms with E-state index < -0.39 is 29.1 Å². The molecule has 11 heteroatoms. The van der Waals surface area contributed by atoms with Crippen molar-refractivity contribution in [3.05, 3.63) is 75.3 Å². The molecule has 0 radical (unpaired) electrons. The Morgan fingerprint density at radius 2 is 1.72 bits per heavy atom. The highest BCUT2D eigenvalue weighted by Crippen LogP contribution is 2.37. The van der Waals surface area contributed by atoms with Crippen molar-refractivity contribution in [1.29, 1.82) is 5.26 Å². The lowest BCUT2D eigenvalue weighted by Gasteiger charge is -2.35. The van der Waals surface area contributed by atoms with Crippen molar-refractivity contribution in [2.45, 2.75) is 32.4 Å². The summed E-state index contributed by atoms with van der Waals surface area (Å²) >= 11 is 6.15. The van der Waals surface area contributed by atoms with E-state index in [1.807, 2.05) is 0 Å². The molecule has 0 aliphatic carbocycles. The molecule has 2 aliphatic rings. The second-order valence-electron chi connectivity index (χ2n) is 9.46. The molecule has 0 aromatic heterocycles. The Labute approximate surface area is 229 Å². The molecule has 4 rings (SSSR count). The largest absolute Gasteiger partial charge is 0.417 e. The van der Waals surface area contributed by atoms with Crippen molar-refractivity contribution in [2.24, 2.45) is 0 Å². The number of carbonyl (C=O) groups is 3. The van der Waals surface area contributed by atoms with Crippen LogP contribution in [0.1, 0.15) is 47.7 Å². The number of unbranched alkanes of at least 4 members (excludes halogenated alkanes) is 1. The number of hydrogen-bond donors (Lipinski definition) is 0. The van der Waals surface area contributed by atoms with E-state index in [4.69, 9.17) is 16.9 Å². The van der Waals surface area contributed by atoms with Crippen LogP contribution in [0.2, 0.25) is 5.02 Å². The van der Waals surface area contributed by atoms with Gasteiger partial charge in [-0.25, -0.2) is 4.90 Å². The lowest BCUT2D eigenvalue weighted by molar-refractivity contribution is -0.138. The van der Waals surface area contributed by atoms with Crippen molar-refractivity contribution < 1.29 is 27.6 Å². The van der Waals surface area contributed by atoms with Crippen molar-refractivity contribution in [3.63, 3.8) is 0 Å². The maximum absolute atomic E-state index is 13.4. The minimum Gasteiger partial charge on any atom is -0.336 e. The molecule has 39 heavy (non-hydrogen) atoms. The van der Waals surface area contributed by atoms with Crippen molar-refractivity contribution in [2.75, 3.05) is 37.6 Å². The van der Waals surface area contributed by atoms with Crippen LogP contribution in [0.4, 0.5) is 18.9 Å². The molecule has 0 atom stereocenters. The van der Waals surface area contributed by atoms with Crippen molar-refractivity contribution >= 4 is 35.0 Å². The van der Waals surface area contributed by atoms with E-state index in [0.717, 1.165) is 23.9 Å². The van der Waals surface area contributed by atoms with Crippen LogP contribution in [0.5, 0.6) is 0 Å². The predicted octanol–water partition coefficient (Wildman–Crippen LogP) is 5.05. The Morgan fingerprint density at radius 3 is 2.36 bits per heavy atom. The molecule has 0 N–H and O–H groups in total. The molecule has 2 aromatic carbocycles. The van der Waals surface area contributed by atoms with Gasteiger partial charge in [-0.15, -0.1) is 0 Å². The standard InChI is InChI=1S/C28H26ClF3N4O3/c1-18-21(27(39)36(25(18)37)20-10-9-19(17-33)23(16-20)28(30,31)32)6-4-5-11-34-12-14-35(15-13-34)26(38)22-7-2-3-8-24(22)29/h2-3,7-10,16H,4-6,11-15H2,1H3. The molecule has 0 saturated carbocycles. The monoisotopic (exact) mass is 558 g/mol. The summed E-state index contributed by atoms with van der Waals surface area (Å²) in [6.07, 6.45) is -3.13. The normalized spacial score (nSPS) is 16.7. The Morgan fingerprint density at radius 1 is 1.03 bits per heavy atom. The molecule has 1 fully saturated rings. The van der Waals surface area contributed by atoms with E-state index in [2.05, 4.69) is 4.90 Å². The van der Waals surface area contributed by atoms with E-state index >= 15 is 0 Å². The van der Waals surface area contributed by atoms with Gasteiger partial charge in [-0.2, -0.15) is 18.4 Å². The number of hydrogen-bond acceptors (Lipinski definition) is 5. The number of halogens is 4. The Hall–Kier alpha value is -3.68. The molecule has 2 aromatic rings. The number of rotatable bonds is 7. The second kappa shape index (κ2) is 11.6. The molecule has 2 aliphatic heterocycles. The molecule has 1 saturated heterocycles. The fourth-order valence-corrected chi connectivity index (χ4v) is 5.05. The molecular formula is C28H26ClF3N4O3. The van der Waals surface area contributed by atoms with Crippen LogP contribution in [-0.4, -0.2) is 60.2 Å². The smallest absolute Gasteiger partial charge is 0.336 e. The van der Waals surface area contributed by atoms with Gasteiger partial charge in [0.05, 0.1) is 33.5 Å². The highest BCUT2D eigenvalue weighted by molar-refractivity contribution is 6.34. The van der Waals surface area contributed by atoms with Gasteiger partial charge in [0, 0.05) is 37.3 Å². The molecule has 204 valence electrons. The average molecular weight is 559 g/mol. The van der Waals surface area contributed by atoms with Crippen LogP contribution >= 0.6 is 11.6 Å². The summed E-state index contributed by atoms with van der Waals surface area (Å²) in [5.74, 6) is -1.39. The van der Waals surface area contributed by atoms with Gasteiger partial charge in [0.2, 0.25) is 0 Å². The number of nitriles is 1. The average Bonchev–Trinajstić information content (AvgIpc) is 3.13. The maximum atomic E-state index is 13.4. The van der Waals surface area contributed by atoms with Gasteiger partial charge in [0.25, 0.3) is 17.7 Å². The zero-order chi connectivity index (χ0) is 28.3. The Balaban J connectivity index is 1.29. The number of imide groups is 1. The number of alkyl halides is 3. The van der Waals surface area contributed by atoms with Gasteiger partial charge >= 0.3 is 6.18 Å². The molecule has 0 bridgehead atoms. The summed E-state index contributed by atoms with van der Waals surface area (Å²) in [4.78, 5) is 43.3. The van der Waals surface area contributed by atoms with Crippen LogP contribution in [0.15, 0.2) is 53.6 Å². The van der Waals surface area contributed by atoms with Gasteiger partial charge < -0.3 is 4.90 Å². The zero-order valence-electron chi connectivity index (χ0n) is 21.2. The van der Waals surface area contributed by atoms with Gasteiger partial charge in [0.15, 0.2) is 0 Å². The first-order chi connectivity index (χ1) is 18.5. The SMILES string of the molecule is CC1=C(CCCCN2CCN(C(=O)c3ccccc3Cl)CC2)C(=O)N(c2ccc(C#N)c(C(F)(F)F)c2)C1=O. The fraction of sp³-hybridized carbons (Fsp3) is 0.357. The maximum Gasteiger partial charge on any atom is 0.417 e. The Bertz CT molecular complexity index is 1370. The third-order valence-electron chi connectivity index (χ3n) is 7.04. The van der Waals surface area contributed by atoms with Crippen molar-refractivity contribution in [1.82, 2.24) is 9.80 Å². The lowest BCUT2D eigenvalue weighted by atomic mass is 10.0. The first-order valence-electron chi connectivity index (χ1n) is 12.5. The minimum atomic E-state index is -4.80. The van der Waals surface area contributed by atoms with Gasteiger partial charge in [-0.3, -0.25) is 19.3 Å². The zero-order valence-corrected chi connectivity index (χ0v) is 22.0. The minimum absolute atomic E-state index is 0.0961. The summed E-state index contributed by atoms with van der Waals surface area (Å²) in [6.45, 7) is 4.78. The molecule has 2 heterocycles. The topological polar surface area (TPSA) is 84.7 Å². The predicted molar refractivity (Wildman–Crippen MR) is 139 cm³/mol. The fourth-order valence-electron chi connectivity index (χ4n) is 4.83. The summed E-state index contributed by atoms with van der Waals surface area (Å²) in [5.41, 5.74) is -1.00. The van der Waals surface area contributed by atoms with E-state index in [-0.39, 0.29) is 22.7 Å². The molecule has 7 nitrogen and oxygen atoms in total. The van der Waals surface area contributed by atoms with E-state index in [9.17, 15) is 27.6 Å². The van der Waals surface area contributed by atoms with Crippen LogP contribution in [0.25, 0.3) is 0 Å². The molecule has 3 amide bonds. The van der Waals surface area contributed by atoms with E-state index in [0.29, 0.717) is 55.7 Å². The third kappa shape index (κ3) is 6.00. The quantitative estimate of drug-likeness (QED) is 0.351. The second-order valence-corrected chi connectivity index (χ2v) is 9.87. The van der Waals surface area contributed by atoms with Crippen LogP contribution in [0, 0.1) is 11.3 Å². The summed E-state index contributed by atoms with van der Waals surface area (Å²) in [5, 5.41) is 9.43. The first kappa shape index (κ1) is 28.3. The van der Waals surface area contributed by atoms with Gasteiger partial charge in [-0.05, 0) is 63.1 Å². The van der Waals surface area contributed by atoms with Crippen molar-refractivity contribution in [3.8, 4) is 6.07 Å². The summed E-state index contributed by atoms with van der Waals surface area (Å²) < 4.78 is 40.2. The number of amides is 3. The van der Waals surface area contributed by atoms with Gasteiger partial charge in [-0.1, -0.05) is 23.7 Å². The van der Waals surface area contributed by atoms with E-state index in [1.54, 1.807) is 29.2 Å². The number of nitrogens with zero attached hydrogens (tertiary/aromatic N) is 4. The molecule has 0 unspecified atom stereocenters. The number of piperazine rings is 1. The van der Waals surface area contributed by atoms with Crippen LogP contribution in [0.3, 0.4) is 0 Å². The number of benzene rings is 2. The number of anilines is 1. The van der Waals surface area contributed by atoms with Gasteiger partial charge in [0.1, 0.15) is 0 Å². The molecular weight excluding hydrogens is 533 g/mol. The first-order valence-corrected chi connectivity index (χ1v) is 12.9. The third-order valence-corrected chi connectivity index (χ3v) is 7.37. The lowest BCUT2D eigenvalue weighted by Crippen LogP contribution is -2.48. The summed E-state index contributed by atoms with van der Waals surface area (Å²) in [7, 11) is 0. The van der Waals surface area contributed by atoms with E-state index in [1.165, 1.54) is 19.1 Å². The Kier molecular flexibility index (Phi) is 8.42. The van der Waals surface area contributed by atoms with Crippen LogP contribution < -0.4 is 4.90 Å². The molecule has 0 spiro atoms. The van der Waals surface area contributed by atoms with Crippen LogP contribution in [-0.2, 0) is 15.8 Å².